The number of likely N-dealkylation sites (tertiary alicyclic amines) is 1. The summed E-state index contributed by atoms with van der Waals surface area (Å²) in [4.78, 5) is 14.8. The summed E-state index contributed by atoms with van der Waals surface area (Å²) >= 11 is 0. The van der Waals surface area contributed by atoms with Crippen LogP contribution < -0.4 is 5.73 Å². The molecule has 0 saturated carbocycles. The Kier molecular flexibility index (Phi) is 3.62. The van der Waals surface area contributed by atoms with E-state index in [2.05, 4.69) is 0 Å². The van der Waals surface area contributed by atoms with Crippen molar-refractivity contribution in [2.24, 2.45) is 12.8 Å². The molecule has 0 aliphatic carbocycles. The number of fused-ring (bicyclic) bond motifs is 1. The molecule has 3 aromatic rings. The van der Waals surface area contributed by atoms with Gasteiger partial charge < -0.3 is 15.2 Å². The van der Waals surface area contributed by atoms with Crippen LogP contribution in [0.5, 0.6) is 0 Å². The van der Waals surface area contributed by atoms with Crippen molar-refractivity contribution < 1.29 is 9.18 Å². The SMILES string of the molecule is Cn1cc(C(=O)N2CCC(N)(c3ccccc3)C2)c2cc(F)ccc21. The highest BCUT2D eigenvalue weighted by atomic mass is 19.1. The molecule has 1 fully saturated rings. The molecule has 1 aliphatic heterocycles. The Balaban J connectivity index is 1.66. The molecular formula is C20H20FN3O. The van der Waals surface area contributed by atoms with Crippen LogP contribution in [0.1, 0.15) is 22.3 Å². The van der Waals surface area contributed by atoms with Crippen molar-refractivity contribution in [1.82, 2.24) is 9.47 Å². The third-order valence-electron chi connectivity index (χ3n) is 5.12. The minimum Gasteiger partial charge on any atom is -0.350 e. The zero-order chi connectivity index (χ0) is 17.6. The molecule has 1 atom stereocenters. The van der Waals surface area contributed by atoms with Gasteiger partial charge in [0, 0.05) is 37.2 Å². The first-order chi connectivity index (χ1) is 12.0. The zero-order valence-corrected chi connectivity index (χ0v) is 14.1. The highest BCUT2D eigenvalue weighted by Crippen LogP contribution is 2.31. The molecular weight excluding hydrogens is 317 g/mol. The number of nitrogens with two attached hydrogens (primary N) is 1. The van der Waals surface area contributed by atoms with E-state index in [1.54, 1.807) is 17.2 Å². The van der Waals surface area contributed by atoms with E-state index in [4.69, 9.17) is 5.73 Å². The quantitative estimate of drug-likeness (QED) is 0.781. The van der Waals surface area contributed by atoms with Crippen LogP contribution in [0, 0.1) is 5.82 Å². The number of carbonyl (C=O) groups excluding carboxylic acids is 1. The second-order valence-corrected chi connectivity index (χ2v) is 6.81. The molecule has 2 aromatic carbocycles. The highest BCUT2D eigenvalue weighted by Gasteiger charge is 2.38. The first-order valence-corrected chi connectivity index (χ1v) is 8.36. The van der Waals surface area contributed by atoms with Crippen LogP contribution in [0.4, 0.5) is 4.39 Å². The summed E-state index contributed by atoms with van der Waals surface area (Å²) in [5.74, 6) is -0.439. The summed E-state index contributed by atoms with van der Waals surface area (Å²) < 4.78 is 15.5. The molecule has 2 heterocycles. The van der Waals surface area contributed by atoms with Crippen molar-refractivity contribution in [2.45, 2.75) is 12.0 Å². The van der Waals surface area contributed by atoms with E-state index < -0.39 is 5.54 Å². The van der Waals surface area contributed by atoms with Crippen LogP contribution in [0.15, 0.2) is 54.7 Å². The topological polar surface area (TPSA) is 51.3 Å². The normalized spacial score (nSPS) is 20.4. The maximum atomic E-state index is 13.7. The van der Waals surface area contributed by atoms with Gasteiger partial charge in [-0.15, -0.1) is 0 Å². The van der Waals surface area contributed by atoms with Gasteiger partial charge in [0.15, 0.2) is 0 Å². The average Bonchev–Trinajstić information content (AvgIpc) is 3.17. The standard InChI is InChI=1S/C20H20FN3O/c1-23-12-17(16-11-15(21)7-8-18(16)23)19(25)24-10-9-20(22,13-24)14-5-3-2-4-6-14/h2-8,11-12H,9-10,13,22H2,1H3. The molecule has 0 spiro atoms. The van der Waals surface area contributed by atoms with Gasteiger partial charge >= 0.3 is 0 Å². The molecule has 25 heavy (non-hydrogen) atoms. The third kappa shape index (κ3) is 2.61. The highest BCUT2D eigenvalue weighted by molar-refractivity contribution is 6.07. The monoisotopic (exact) mass is 337 g/mol. The fraction of sp³-hybridized carbons (Fsp3) is 0.250. The van der Waals surface area contributed by atoms with Crippen molar-refractivity contribution in [1.29, 1.82) is 0 Å². The number of aromatic nitrogens is 1. The van der Waals surface area contributed by atoms with Gasteiger partial charge in [-0.25, -0.2) is 4.39 Å². The predicted molar refractivity (Wildman–Crippen MR) is 95.7 cm³/mol. The smallest absolute Gasteiger partial charge is 0.256 e. The molecule has 1 amide bonds. The van der Waals surface area contributed by atoms with Gasteiger partial charge in [0.1, 0.15) is 5.82 Å². The summed E-state index contributed by atoms with van der Waals surface area (Å²) in [5.41, 5.74) is 8.43. The summed E-state index contributed by atoms with van der Waals surface area (Å²) in [6, 6.07) is 14.4. The Morgan fingerprint density at radius 2 is 1.96 bits per heavy atom. The Bertz CT molecular complexity index is 950. The van der Waals surface area contributed by atoms with Crippen molar-refractivity contribution in [2.75, 3.05) is 13.1 Å². The summed E-state index contributed by atoms with van der Waals surface area (Å²) in [7, 11) is 1.86. The van der Waals surface area contributed by atoms with Crippen LogP contribution in [-0.4, -0.2) is 28.5 Å². The largest absolute Gasteiger partial charge is 0.350 e. The summed E-state index contributed by atoms with van der Waals surface area (Å²) in [6.07, 6.45) is 2.48. The van der Waals surface area contributed by atoms with Crippen molar-refractivity contribution >= 4 is 16.8 Å². The second-order valence-electron chi connectivity index (χ2n) is 6.81. The lowest BCUT2D eigenvalue weighted by Crippen LogP contribution is -2.41. The molecule has 4 rings (SSSR count). The van der Waals surface area contributed by atoms with E-state index in [0.717, 1.165) is 11.1 Å². The van der Waals surface area contributed by atoms with Crippen LogP contribution >= 0.6 is 0 Å². The number of halogens is 1. The number of amides is 1. The van der Waals surface area contributed by atoms with E-state index in [0.29, 0.717) is 30.5 Å². The molecule has 1 unspecified atom stereocenters. The number of carbonyl (C=O) groups is 1. The van der Waals surface area contributed by atoms with Gasteiger partial charge in [0.25, 0.3) is 5.91 Å². The summed E-state index contributed by atoms with van der Waals surface area (Å²) in [5, 5.41) is 0.640. The van der Waals surface area contributed by atoms with Gasteiger partial charge in [-0.1, -0.05) is 30.3 Å². The molecule has 128 valence electrons. The van der Waals surface area contributed by atoms with E-state index in [-0.39, 0.29) is 11.7 Å². The maximum Gasteiger partial charge on any atom is 0.256 e. The Labute approximate surface area is 145 Å². The van der Waals surface area contributed by atoms with Gasteiger partial charge in [-0.3, -0.25) is 4.79 Å². The third-order valence-corrected chi connectivity index (χ3v) is 5.12. The molecule has 1 aromatic heterocycles. The fourth-order valence-corrected chi connectivity index (χ4v) is 3.72. The molecule has 2 N–H and O–H groups in total. The van der Waals surface area contributed by atoms with Crippen molar-refractivity contribution in [3.63, 3.8) is 0 Å². The lowest BCUT2D eigenvalue weighted by atomic mass is 9.90. The maximum absolute atomic E-state index is 13.7. The van der Waals surface area contributed by atoms with E-state index in [9.17, 15) is 9.18 Å². The number of benzene rings is 2. The van der Waals surface area contributed by atoms with Crippen LogP contribution in [-0.2, 0) is 12.6 Å². The first-order valence-electron chi connectivity index (χ1n) is 8.36. The lowest BCUT2D eigenvalue weighted by molar-refractivity contribution is 0.0785. The number of hydrogen-bond donors (Lipinski definition) is 1. The number of nitrogens with zero attached hydrogens (tertiary/aromatic N) is 2. The lowest BCUT2D eigenvalue weighted by Gasteiger charge is -2.25. The zero-order valence-electron chi connectivity index (χ0n) is 14.1. The van der Waals surface area contributed by atoms with Gasteiger partial charge in [0.2, 0.25) is 0 Å². The molecule has 1 saturated heterocycles. The Hall–Kier alpha value is -2.66. The first kappa shape index (κ1) is 15.8. The summed E-state index contributed by atoms with van der Waals surface area (Å²) in [6.45, 7) is 1.05. The fourth-order valence-electron chi connectivity index (χ4n) is 3.72. The van der Waals surface area contributed by atoms with Crippen LogP contribution in [0.3, 0.4) is 0 Å². The number of rotatable bonds is 2. The minimum atomic E-state index is -0.535. The van der Waals surface area contributed by atoms with E-state index in [1.165, 1.54) is 12.1 Å². The van der Waals surface area contributed by atoms with Crippen molar-refractivity contribution in [3.8, 4) is 0 Å². The Morgan fingerprint density at radius 3 is 2.72 bits per heavy atom. The van der Waals surface area contributed by atoms with Crippen LogP contribution in [0.25, 0.3) is 10.9 Å². The molecule has 0 radical (unpaired) electrons. The molecule has 0 bridgehead atoms. The van der Waals surface area contributed by atoms with Crippen molar-refractivity contribution in [3.05, 3.63) is 71.7 Å². The predicted octanol–water partition coefficient (Wildman–Crippen LogP) is 3.02. The van der Waals surface area contributed by atoms with Gasteiger partial charge in [-0.05, 0) is 30.2 Å². The number of aryl methyl sites for hydroxylation is 1. The van der Waals surface area contributed by atoms with Gasteiger partial charge in [0.05, 0.1) is 11.1 Å². The Morgan fingerprint density at radius 1 is 1.20 bits per heavy atom. The second kappa shape index (κ2) is 5.70. The van der Waals surface area contributed by atoms with E-state index in [1.807, 2.05) is 41.9 Å². The average molecular weight is 337 g/mol. The molecule has 1 aliphatic rings. The van der Waals surface area contributed by atoms with Crippen LogP contribution in [0.2, 0.25) is 0 Å². The van der Waals surface area contributed by atoms with E-state index >= 15 is 0 Å². The molecule has 4 nitrogen and oxygen atoms in total. The number of hydrogen-bond acceptors (Lipinski definition) is 2. The minimum absolute atomic E-state index is 0.0977. The van der Waals surface area contributed by atoms with Gasteiger partial charge in [-0.2, -0.15) is 0 Å². The molecule has 5 heteroatoms.